The van der Waals surface area contributed by atoms with Gasteiger partial charge in [-0.1, -0.05) is 32.9 Å². The third kappa shape index (κ3) is 4.90. The van der Waals surface area contributed by atoms with Gasteiger partial charge in [-0.3, -0.25) is 9.59 Å². The number of nitrogens with zero attached hydrogens (tertiary/aromatic N) is 2. The molecular weight excluding hydrogens is 372 g/mol. The Bertz CT molecular complexity index is 831. The highest BCUT2D eigenvalue weighted by atomic mass is 32.1. The number of hydrogen-bond donors (Lipinski definition) is 2. The molecule has 1 aliphatic heterocycles. The predicted molar refractivity (Wildman–Crippen MR) is 112 cm³/mol. The first-order valence-corrected chi connectivity index (χ1v) is 10.5. The topological polar surface area (TPSA) is 88.3 Å². The second-order valence-corrected chi connectivity index (χ2v) is 9.18. The zero-order chi connectivity index (χ0) is 20.3. The Morgan fingerprint density at radius 2 is 1.86 bits per heavy atom. The number of anilines is 1. The van der Waals surface area contributed by atoms with Gasteiger partial charge in [-0.05, 0) is 36.0 Å². The largest absolute Gasteiger partial charge is 0.375 e. The molecule has 0 radical (unpaired) electrons. The van der Waals surface area contributed by atoms with Crippen LogP contribution in [0.2, 0.25) is 0 Å². The zero-order valence-corrected chi connectivity index (χ0v) is 17.5. The molecule has 0 saturated carbocycles. The van der Waals surface area contributed by atoms with E-state index in [-0.39, 0.29) is 23.1 Å². The summed E-state index contributed by atoms with van der Waals surface area (Å²) in [5.41, 5.74) is 8.37. The van der Waals surface area contributed by atoms with E-state index in [1.807, 2.05) is 34.5 Å². The lowest BCUT2D eigenvalue weighted by molar-refractivity contribution is -0.126. The molecule has 3 rings (SSSR count). The molecule has 150 valence electrons. The molecule has 1 saturated heterocycles. The molecule has 0 aliphatic carbocycles. The summed E-state index contributed by atoms with van der Waals surface area (Å²) in [7, 11) is 0. The van der Waals surface area contributed by atoms with Crippen LogP contribution in [-0.2, 0) is 16.8 Å². The number of aromatic nitrogens is 1. The summed E-state index contributed by atoms with van der Waals surface area (Å²) in [5.74, 6) is -0.00577. The van der Waals surface area contributed by atoms with Crippen molar-refractivity contribution in [3.63, 3.8) is 0 Å². The SMILES string of the molecule is CC(C)(C)c1ccc(C(=O)N2CCC(C(=O)NCc3csc(N)n3)CC2)cc1. The average Bonchev–Trinajstić information content (AvgIpc) is 3.10. The number of rotatable bonds is 4. The van der Waals surface area contributed by atoms with Crippen molar-refractivity contribution < 1.29 is 9.59 Å². The summed E-state index contributed by atoms with van der Waals surface area (Å²) in [5, 5.41) is 5.28. The van der Waals surface area contributed by atoms with Gasteiger partial charge in [-0.15, -0.1) is 11.3 Å². The molecule has 3 N–H and O–H groups in total. The fourth-order valence-electron chi connectivity index (χ4n) is 3.37. The van der Waals surface area contributed by atoms with Gasteiger partial charge in [-0.2, -0.15) is 0 Å². The first kappa shape index (κ1) is 20.3. The van der Waals surface area contributed by atoms with E-state index in [1.165, 1.54) is 16.9 Å². The minimum atomic E-state index is -0.0664. The van der Waals surface area contributed by atoms with Crippen LogP contribution in [0.4, 0.5) is 5.13 Å². The van der Waals surface area contributed by atoms with Gasteiger partial charge in [0.05, 0.1) is 12.2 Å². The van der Waals surface area contributed by atoms with E-state index in [0.29, 0.717) is 43.2 Å². The number of benzene rings is 1. The molecular formula is C21H28N4O2S. The Labute approximate surface area is 170 Å². The maximum absolute atomic E-state index is 12.8. The number of carbonyl (C=O) groups excluding carboxylic acids is 2. The maximum Gasteiger partial charge on any atom is 0.253 e. The molecule has 0 spiro atoms. The third-order valence-electron chi connectivity index (χ3n) is 5.16. The maximum atomic E-state index is 12.8. The van der Waals surface area contributed by atoms with Gasteiger partial charge in [0.25, 0.3) is 5.91 Å². The standard InChI is InChI=1S/C21H28N4O2S/c1-21(2,3)16-6-4-15(5-7-16)19(27)25-10-8-14(9-11-25)18(26)23-12-17-13-28-20(22)24-17/h4-7,13-14H,8-12H2,1-3H3,(H2,22,24)(H,23,26). The van der Waals surface area contributed by atoms with Crippen LogP contribution < -0.4 is 11.1 Å². The Balaban J connectivity index is 1.50. The molecule has 7 heteroatoms. The van der Waals surface area contributed by atoms with Crippen molar-refractivity contribution in [2.75, 3.05) is 18.8 Å². The van der Waals surface area contributed by atoms with Crippen molar-refractivity contribution in [2.45, 2.75) is 45.6 Å². The van der Waals surface area contributed by atoms with Crippen molar-refractivity contribution in [1.82, 2.24) is 15.2 Å². The second kappa shape index (κ2) is 8.31. The monoisotopic (exact) mass is 400 g/mol. The fourth-order valence-corrected chi connectivity index (χ4v) is 3.93. The molecule has 28 heavy (non-hydrogen) atoms. The quantitative estimate of drug-likeness (QED) is 0.825. The number of thiazole rings is 1. The number of amides is 2. The van der Waals surface area contributed by atoms with Crippen molar-refractivity contribution in [2.24, 2.45) is 5.92 Å². The lowest BCUT2D eigenvalue weighted by atomic mass is 9.86. The first-order chi connectivity index (χ1) is 13.2. The number of carbonyl (C=O) groups is 2. The molecule has 2 aromatic rings. The van der Waals surface area contributed by atoms with E-state index < -0.39 is 0 Å². The van der Waals surface area contributed by atoms with E-state index in [2.05, 4.69) is 31.1 Å². The van der Waals surface area contributed by atoms with Crippen LogP contribution >= 0.6 is 11.3 Å². The number of piperidine rings is 1. The van der Waals surface area contributed by atoms with E-state index in [1.54, 1.807) is 0 Å². The third-order valence-corrected chi connectivity index (χ3v) is 5.89. The molecule has 2 amide bonds. The average molecular weight is 401 g/mol. The first-order valence-electron chi connectivity index (χ1n) is 9.61. The molecule has 0 atom stereocenters. The summed E-state index contributed by atoms with van der Waals surface area (Å²) >= 11 is 1.37. The van der Waals surface area contributed by atoms with Crippen LogP contribution in [0.3, 0.4) is 0 Å². The molecule has 2 heterocycles. The highest BCUT2D eigenvalue weighted by molar-refractivity contribution is 7.13. The van der Waals surface area contributed by atoms with Gasteiger partial charge >= 0.3 is 0 Å². The van der Waals surface area contributed by atoms with Gasteiger partial charge in [0.15, 0.2) is 5.13 Å². The van der Waals surface area contributed by atoms with Crippen molar-refractivity contribution in [1.29, 1.82) is 0 Å². The molecule has 1 fully saturated rings. The minimum absolute atomic E-state index is 0.0215. The van der Waals surface area contributed by atoms with Gasteiger partial charge in [-0.25, -0.2) is 4.98 Å². The van der Waals surface area contributed by atoms with Crippen LogP contribution in [0.1, 0.15) is 55.2 Å². The van der Waals surface area contributed by atoms with Crippen LogP contribution in [0.15, 0.2) is 29.6 Å². The van der Waals surface area contributed by atoms with E-state index >= 15 is 0 Å². The van der Waals surface area contributed by atoms with Gasteiger partial charge < -0.3 is 16.0 Å². The Kier molecular flexibility index (Phi) is 6.03. The summed E-state index contributed by atoms with van der Waals surface area (Å²) in [6.07, 6.45) is 1.35. The Morgan fingerprint density at radius 1 is 1.21 bits per heavy atom. The van der Waals surface area contributed by atoms with Crippen LogP contribution in [0.25, 0.3) is 0 Å². The predicted octanol–water partition coefficient (Wildman–Crippen LogP) is 3.19. The summed E-state index contributed by atoms with van der Waals surface area (Å²) in [6.45, 7) is 8.06. The normalized spacial score (nSPS) is 15.5. The van der Waals surface area contributed by atoms with Gasteiger partial charge in [0.2, 0.25) is 5.91 Å². The van der Waals surface area contributed by atoms with Crippen molar-refractivity contribution >= 4 is 28.3 Å². The van der Waals surface area contributed by atoms with Crippen LogP contribution in [0, 0.1) is 5.92 Å². The number of nitrogens with two attached hydrogens (primary N) is 1. The zero-order valence-electron chi connectivity index (χ0n) is 16.7. The number of likely N-dealkylation sites (tertiary alicyclic amines) is 1. The van der Waals surface area contributed by atoms with Crippen molar-refractivity contribution in [3.8, 4) is 0 Å². The van der Waals surface area contributed by atoms with E-state index in [4.69, 9.17) is 5.73 Å². The number of hydrogen-bond acceptors (Lipinski definition) is 5. The molecule has 1 aromatic heterocycles. The summed E-state index contributed by atoms with van der Waals surface area (Å²) in [4.78, 5) is 31.1. The molecule has 0 bridgehead atoms. The molecule has 1 aliphatic rings. The summed E-state index contributed by atoms with van der Waals surface area (Å²) in [6, 6.07) is 7.86. The highest BCUT2D eigenvalue weighted by Crippen LogP contribution is 2.24. The summed E-state index contributed by atoms with van der Waals surface area (Å²) < 4.78 is 0. The highest BCUT2D eigenvalue weighted by Gasteiger charge is 2.28. The van der Waals surface area contributed by atoms with Crippen molar-refractivity contribution in [3.05, 3.63) is 46.5 Å². The number of nitrogens with one attached hydrogen (secondary N) is 1. The van der Waals surface area contributed by atoms with Crippen LogP contribution in [0.5, 0.6) is 0 Å². The lowest BCUT2D eigenvalue weighted by Crippen LogP contribution is -2.43. The molecule has 6 nitrogen and oxygen atoms in total. The second-order valence-electron chi connectivity index (χ2n) is 8.29. The molecule has 1 aromatic carbocycles. The fraction of sp³-hybridized carbons (Fsp3) is 0.476. The van der Waals surface area contributed by atoms with Gasteiger partial charge in [0.1, 0.15) is 0 Å². The minimum Gasteiger partial charge on any atom is -0.375 e. The molecule has 0 unspecified atom stereocenters. The van der Waals surface area contributed by atoms with Gasteiger partial charge in [0, 0.05) is 30.0 Å². The van der Waals surface area contributed by atoms with E-state index in [0.717, 1.165) is 5.69 Å². The van der Waals surface area contributed by atoms with E-state index in [9.17, 15) is 9.59 Å². The smallest absolute Gasteiger partial charge is 0.253 e. The van der Waals surface area contributed by atoms with Crippen LogP contribution in [-0.4, -0.2) is 34.8 Å². The Hall–Kier alpha value is -2.41. The Morgan fingerprint density at radius 3 is 2.39 bits per heavy atom. The lowest BCUT2D eigenvalue weighted by Gasteiger charge is -2.31. The number of nitrogen functional groups attached to an aromatic ring is 1.